The van der Waals surface area contributed by atoms with Crippen molar-refractivity contribution in [3.05, 3.63) is 35.9 Å². The molecular formula is C14H24N2O. The van der Waals surface area contributed by atoms with Crippen LogP contribution in [0.2, 0.25) is 0 Å². The first-order valence-electron chi connectivity index (χ1n) is 6.40. The van der Waals surface area contributed by atoms with Crippen LogP contribution in [0, 0.1) is 0 Å². The second kappa shape index (κ2) is 8.23. The predicted molar refractivity (Wildman–Crippen MR) is 71.7 cm³/mol. The van der Waals surface area contributed by atoms with Gasteiger partial charge >= 0.3 is 0 Å². The van der Waals surface area contributed by atoms with E-state index >= 15 is 0 Å². The van der Waals surface area contributed by atoms with Crippen LogP contribution in [0.15, 0.2) is 30.3 Å². The first-order valence-corrected chi connectivity index (χ1v) is 6.40. The Balaban J connectivity index is 2.50. The Morgan fingerprint density at radius 1 is 1.29 bits per heavy atom. The van der Waals surface area contributed by atoms with E-state index in [0.717, 1.165) is 32.5 Å². The summed E-state index contributed by atoms with van der Waals surface area (Å²) >= 11 is 0. The van der Waals surface area contributed by atoms with E-state index < -0.39 is 0 Å². The third-order valence-electron chi connectivity index (χ3n) is 2.87. The minimum atomic E-state index is -0.239. The highest BCUT2D eigenvalue weighted by molar-refractivity contribution is 5.14. The predicted octanol–water partition coefficient (Wildman–Crippen LogP) is 1.61. The number of hydrogen-bond donors (Lipinski definition) is 2. The molecule has 1 aromatic rings. The molecule has 0 saturated carbocycles. The van der Waals surface area contributed by atoms with Crippen molar-refractivity contribution in [1.82, 2.24) is 4.90 Å². The van der Waals surface area contributed by atoms with E-state index in [0.29, 0.717) is 6.54 Å². The fourth-order valence-electron chi connectivity index (χ4n) is 1.82. The van der Waals surface area contributed by atoms with Crippen LogP contribution in [0.5, 0.6) is 0 Å². The molecule has 0 aliphatic heterocycles. The number of hydrogen-bond acceptors (Lipinski definition) is 3. The molecule has 1 atom stereocenters. The van der Waals surface area contributed by atoms with Gasteiger partial charge in [0.15, 0.2) is 0 Å². The van der Waals surface area contributed by atoms with Gasteiger partial charge in [-0.05, 0) is 31.5 Å². The van der Waals surface area contributed by atoms with E-state index in [2.05, 4.69) is 17.0 Å². The van der Waals surface area contributed by atoms with Crippen LogP contribution in [0.3, 0.4) is 0 Å². The van der Waals surface area contributed by atoms with Crippen molar-refractivity contribution >= 4 is 0 Å². The van der Waals surface area contributed by atoms with Crippen LogP contribution in [-0.4, -0.2) is 35.7 Å². The Bertz CT molecular complexity index is 290. The average Bonchev–Trinajstić information content (AvgIpc) is 2.37. The van der Waals surface area contributed by atoms with Crippen LogP contribution < -0.4 is 5.73 Å². The minimum Gasteiger partial charge on any atom is -0.392 e. The molecule has 0 fully saturated rings. The lowest BCUT2D eigenvalue weighted by molar-refractivity contribution is 0.105. The zero-order valence-electron chi connectivity index (χ0n) is 10.7. The largest absolute Gasteiger partial charge is 0.392 e. The zero-order valence-corrected chi connectivity index (χ0v) is 10.7. The molecule has 1 rings (SSSR count). The smallest absolute Gasteiger partial charge is 0.0664 e. The molecule has 0 saturated heterocycles. The Labute approximate surface area is 104 Å². The second-order valence-electron chi connectivity index (χ2n) is 4.43. The maximum absolute atomic E-state index is 9.73. The molecular weight excluding hydrogens is 212 g/mol. The zero-order chi connectivity index (χ0) is 12.5. The van der Waals surface area contributed by atoms with E-state index in [1.165, 1.54) is 5.56 Å². The normalized spacial score (nSPS) is 12.9. The molecule has 0 aromatic heterocycles. The van der Waals surface area contributed by atoms with Gasteiger partial charge in [-0.25, -0.2) is 0 Å². The summed E-state index contributed by atoms with van der Waals surface area (Å²) in [6.45, 7) is 5.27. The van der Waals surface area contributed by atoms with Gasteiger partial charge < -0.3 is 10.8 Å². The van der Waals surface area contributed by atoms with Crippen LogP contribution in [0.4, 0.5) is 0 Å². The highest BCUT2D eigenvalue weighted by atomic mass is 16.3. The molecule has 0 aliphatic carbocycles. The number of nitrogens with zero attached hydrogens (tertiary/aromatic N) is 1. The van der Waals surface area contributed by atoms with Crippen LogP contribution in [0.1, 0.15) is 25.3 Å². The highest BCUT2D eigenvalue weighted by Gasteiger charge is 2.10. The van der Waals surface area contributed by atoms with Gasteiger partial charge in [-0.15, -0.1) is 0 Å². The Morgan fingerprint density at radius 3 is 2.59 bits per heavy atom. The molecule has 0 spiro atoms. The first kappa shape index (κ1) is 14.2. The van der Waals surface area contributed by atoms with E-state index in [9.17, 15) is 5.11 Å². The van der Waals surface area contributed by atoms with Gasteiger partial charge in [-0.3, -0.25) is 4.90 Å². The number of rotatable bonds is 8. The van der Waals surface area contributed by atoms with Gasteiger partial charge in [0.25, 0.3) is 0 Å². The van der Waals surface area contributed by atoms with Gasteiger partial charge in [0.05, 0.1) is 6.10 Å². The molecule has 0 bridgehead atoms. The lowest BCUT2D eigenvalue weighted by Crippen LogP contribution is -2.33. The summed E-state index contributed by atoms with van der Waals surface area (Å²) < 4.78 is 0. The van der Waals surface area contributed by atoms with Crippen molar-refractivity contribution in [2.24, 2.45) is 5.73 Å². The second-order valence-corrected chi connectivity index (χ2v) is 4.43. The van der Waals surface area contributed by atoms with Crippen LogP contribution in [-0.2, 0) is 6.54 Å². The fraction of sp³-hybridized carbons (Fsp3) is 0.571. The molecule has 0 amide bonds. The van der Waals surface area contributed by atoms with Gasteiger partial charge in [-0.2, -0.15) is 0 Å². The van der Waals surface area contributed by atoms with E-state index in [-0.39, 0.29) is 6.10 Å². The monoisotopic (exact) mass is 236 g/mol. The number of aliphatic hydroxyl groups excluding tert-OH is 1. The Hall–Kier alpha value is -0.900. The summed E-state index contributed by atoms with van der Waals surface area (Å²) in [7, 11) is 0. The lowest BCUT2D eigenvalue weighted by Gasteiger charge is -2.24. The van der Waals surface area contributed by atoms with Crippen molar-refractivity contribution in [3.63, 3.8) is 0 Å². The SMILES string of the molecule is CCC(O)CN(CCCN)Cc1ccccc1. The quantitative estimate of drug-likeness (QED) is 0.721. The van der Waals surface area contributed by atoms with Gasteiger partial charge in [0, 0.05) is 13.1 Å². The topological polar surface area (TPSA) is 49.5 Å². The standard InChI is InChI=1S/C14H24N2O/c1-2-14(17)12-16(10-6-9-15)11-13-7-4-3-5-8-13/h3-5,7-8,14,17H,2,6,9-12,15H2,1H3. The molecule has 0 aliphatic rings. The summed E-state index contributed by atoms with van der Waals surface area (Å²) in [5.74, 6) is 0. The molecule has 1 unspecified atom stereocenters. The van der Waals surface area contributed by atoms with Crippen molar-refractivity contribution in [2.45, 2.75) is 32.4 Å². The maximum atomic E-state index is 9.73. The molecule has 3 heteroatoms. The van der Waals surface area contributed by atoms with E-state index in [4.69, 9.17) is 5.73 Å². The summed E-state index contributed by atoms with van der Waals surface area (Å²) in [5.41, 5.74) is 6.83. The van der Waals surface area contributed by atoms with Gasteiger partial charge in [0.2, 0.25) is 0 Å². The molecule has 1 aromatic carbocycles. The molecule has 0 radical (unpaired) electrons. The lowest BCUT2D eigenvalue weighted by atomic mass is 10.2. The van der Waals surface area contributed by atoms with Crippen LogP contribution in [0.25, 0.3) is 0 Å². The van der Waals surface area contributed by atoms with E-state index in [1.807, 2.05) is 25.1 Å². The van der Waals surface area contributed by atoms with E-state index in [1.54, 1.807) is 0 Å². The van der Waals surface area contributed by atoms with Gasteiger partial charge in [0.1, 0.15) is 0 Å². The van der Waals surface area contributed by atoms with Crippen LogP contribution >= 0.6 is 0 Å². The number of aliphatic hydroxyl groups is 1. The fourth-order valence-corrected chi connectivity index (χ4v) is 1.82. The molecule has 3 N–H and O–H groups in total. The summed E-state index contributed by atoms with van der Waals surface area (Å²) in [4.78, 5) is 2.27. The first-order chi connectivity index (χ1) is 8.26. The van der Waals surface area contributed by atoms with Crippen molar-refractivity contribution in [1.29, 1.82) is 0 Å². The Kier molecular flexibility index (Phi) is 6.86. The summed E-state index contributed by atoms with van der Waals surface area (Å²) in [6, 6.07) is 10.4. The number of nitrogens with two attached hydrogens (primary N) is 1. The molecule has 0 heterocycles. The minimum absolute atomic E-state index is 0.239. The molecule has 3 nitrogen and oxygen atoms in total. The number of benzene rings is 1. The third-order valence-corrected chi connectivity index (χ3v) is 2.87. The highest BCUT2D eigenvalue weighted by Crippen LogP contribution is 2.06. The van der Waals surface area contributed by atoms with Gasteiger partial charge in [-0.1, -0.05) is 37.3 Å². The van der Waals surface area contributed by atoms with Crippen molar-refractivity contribution in [2.75, 3.05) is 19.6 Å². The Morgan fingerprint density at radius 2 is 2.00 bits per heavy atom. The molecule has 96 valence electrons. The maximum Gasteiger partial charge on any atom is 0.0664 e. The molecule has 17 heavy (non-hydrogen) atoms. The third kappa shape index (κ3) is 5.82. The van der Waals surface area contributed by atoms with Crippen molar-refractivity contribution in [3.8, 4) is 0 Å². The summed E-state index contributed by atoms with van der Waals surface area (Å²) in [6.07, 6.45) is 1.54. The van der Waals surface area contributed by atoms with Crippen molar-refractivity contribution < 1.29 is 5.11 Å². The summed E-state index contributed by atoms with van der Waals surface area (Å²) in [5, 5.41) is 9.73. The average molecular weight is 236 g/mol.